The highest BCUT2D eigenvalue weighted by Crippen LogP contribution is 2.37. The number of carbonyl (C=O) groups excluding carboxylic acids is 2. The Morgan fingerprint density at radius 3 is 2.14 bits per heavy atom. The summed E-state index contributed by atoms with van der Waals surface area (Å²) in [6.45, 7) is 3.92. The van der Waals surface area contributed by atoms with E-state index in [9.17, 15) is 31.2 Å². The first kappa shape index (κ1) is 34.5. The van der Waals surface area contributed by atoms with E-state index in [2.05, 4.69) is 5.32 Å². The van der Waals surface area contributed by atoms with Crippen molar-refractivity contribution < 1.29 is 31.2 Å². The lowest BCUT2D eigenvalue weighted by molar-refractivity contribution is -0.140. The molecule has 1 N–H and O–H groups in total. The first-order valence-electron chi connectivity index (χ1n) is 13.0. The minimum Gasteiger partial charge on any atom is -0.352 e. The number of hydrogen-bond donors (Lipinski definition) is 1. The molecular weight excluding hydrogens is 650 g/mol. The van der Waals surface area contributed by atoms with Gasteiger partial charge in [-0.25, -0.2) is 8.42 Å². The van der Waals surface area contributed by atoms with Crippen molar-refractivity contribution in [3.05, 3.63) is 92.9 Å². The summed E-state index contributed by atoms with van der Waals surface area (Å²) in [5.41, 5.74) is -1.32. The van der Waals surface area contributed by atoms with Crippen LogP contribution in [-0.2, 0) is 32.3 Å². The molecule has 0 fully saturated rings. The smallest absolute Gasteiger partial charge is 0.352 e. The van der Waals surface area contributed by atoms with Gasteiger partial charge < -0.3 is 10.2 Å². The molecule has 0 aliphatic carbocycles. The molecule has 232 valence electrons. The molecular formula is C29H29Cl3F3N3O4S. The van der Waals surface area contributed by atoms with E-state index >= 15 is 0 Å². The molecule has 0 unspecified atom stereocenters. The van der Waals surface area contributed by atoms with E-state index in [1.165, 1.54) is 36.4 Å². The Bertz CT molecular complexity index is 1570. The van der Waals surface area contributed by atoms with Crippen LogP contribution in [-0.4, -0.2) is 43.8 Å². The van der Waals surface area contributed by atoms with Crippen molar-refractivity contribution in [3.63, 3.8) is 0 Å². The van der Waals surface area contributed by atoms with Crippen LogP contribution in [0.4, 0.5) is 18.9 Å². The summed E-state index contributed by atoms with van der Waals surface area (Å²) in [5.74, 6) is -1.39. The molecule has 3 aromatic rings. The number of sulfonamides is 1. The van der Waals surface area contributed by atoms with E-state index in [-0.39, 0.29) is 33.9 Å². The Morgan fingerprint density at radius 2 is 1.58 bits per heavy atom. The third-order valence-electron chi connectivity index (χ3n) is 6.32. The molecule has 7 nitrogen and oxygen atoms in total. The summed E-state index contributed by atoms with van der Waals surface area (Å²) < 4.78 is 69.3. The minimum absolute atomic E-state index is 0.130. The van der Waals surface area contributed by atoms with Crippen LogP contribution < -0.4 is 9.62 Å². The molecule has 14 heteroatoms. The summed E-state index contributed by atoms with van der Waals surface area (Å²) in [4.78, 5) is 28.1. The predicted molar refractivity (Wildman–Crippen MR) is 162 cm³/mol. The number of halogens is 6. The largest absolute Gasteiger partial charge is 0.416 e. The van der Waals surface area contributed by atoms with Gasteiger partial charge in [0.15, 0.2) is 0 Å². The summed E-state index contributed by atoms with van der Waals surface area (Å²) in [7, 11) is -4.64. The molecule has 3 rings (SSSR count). The van der Waals surface area contributed by atoms with Crippen molar-refractivity contribution in [2.24, 2.45) is 0 Å². The van der Waals surface area contributed by atoms with E-state index in [0.29, 0.717) is 27.0 Å². The monoisotopic (exact) mass is 677 g/mol. The standard InChI is InChI=1S/C29H29Cl3F3N3O4S/c1-4-25(28(40)36-18(2)3)37(16-19-10-12-21(30)15-24(19)32)27(39)17-38(43(41,42)22-8-6-5-7-9-22)26-14-20(29(33,34)35)11-13-23(26)31/h5-15,18,25H,4,16-17H2,1-3H3,(H,36,40)/t25-/m0/s1. The number of nitrogens with zero attached hydrogens (tertiary/aromatic N) is 2. The highest BCUT2D eigenvalue weighted by atomic mass is 35.5. The van der Waals surface area contributed by atoms with Crippen LogP contribution in [0.1, 0.15) is 38.3 Å². The lowest BCUT2D eigenvalue weighted by Gasteiger charge is -2.34. The van der Waals surface area contributed by atoms with Gasteiger partial charge in [0.1, 0.15) is 12.6 Å². The molecule has 0 aliphatic heterocycles. The van der Waals surface area contributed by atoms with Crippen molar-refractivity contribution in [1.29, 1.82) is 0 Å². The normalized spacial score (nSPS) is 12.6. The maximum Gasteiger partial charge on any atom is 0.416 e. The average Bonchev–Trinajstić information content (AvgIpc) is 2.92. The molecule has 0 radical (unpaired) electrons. The summed E-state index contributed by atoms with van der Waals surface area (Å²) in [6, 6.07) is 12.3. The van der Waals surface area contributed by atoms with Crippen LogP contribution in [0.2, 0.25) is 15.1 Å². The maximum absolute atomic E-state index is 14.1. The highest BCUT2D eigenvalue weighted by molar-refractivity contribution is 7.92. The topological polar surface area (TPSA) is 86.8 Å². The van der Waals surface area contributed by atoms with Crippen LogP contribution >= 0.6 is 34.8 Å². The second-order valence-corrected chi connectivity index (χ2v) is 12.9. The molecule has 2 amide bonds. The fourth-order valence-corrected chi connectivity index (χ4v) is 6.43. The van der Waals surface area contributed by atoms with Crippen molar-refractivity contribution in [1.82, 2.24) is 10.2 Å². The third-order valence-corrected chi connectivity index (χ3v) is 9.01. The second-order valence-electron chi connectivity index (χ2n) is 9.83. The van der Waals surface area contributed by atoms with E-state index in [4.69, 9.17) is 34.8 Å². The lowest BCUT2D eigenvalue weighted by atomic mass is 10.1. The molecule has 0 saturated heterocycles. The molecule has 0 aromatic heterocycles. The number of hydrogen-bond acceptors (Lipinski definition) is 4. The minimum atomic E-state index is -4.83. The van der Waals surface area contributed by atoms with Gasteiger partial charge in [0.05, 0.1) is 21.2 Å². The zero-order chi connectivity index (χ0) is 32.1. The summed E-state index contributed by atoms with van der Waals surface area (Å²) in [5, 5.41) is 2.93. The molecule has 0 heterocycles. The molecule has 1 atom stereocenters. The SMILES string of the molecule is CC[C@@H](C(=O)NC(C)C)N(Cc1ccc(Cl)cc1Cl)C(=O)CN(c1cc(C(F)(F)F)ccc1Cl)S(=O)(=O)c1ccccc1. The van der Waals surface area contributed by atoms with Crippen LogP contribution in [0.25, 0.3) is 0 Å². The van der Waals surface area contributed by atoms with Gasteiger partial charge in [0, 0.05) is 22.6 Å². The number of rotatable bonds is 11. The Morgan fingerprint density at radius 1 is 0.930 bits per heavy atom. The van der Waals surface area contributed by atoms with Crippen molar-refractivity contribution >= 4 is 62.3 Å². The Kier molecular flexibility index (Phi) is 11.4. The zero-order valence-electron chi connectivity index (χ0n) is 23.3. The summed E-state index contributed by atoms with van der Waals surface area (Å²) in [6.07, 6.45) is -4.70. The van der Waals surface area contributed by atoms with Crippen molar-refractivity contribution in [2.75, 3.05) is 10.8 Å². The number of carbonyl (C=O) groups is 2. The first-order valence-corrected chi connectivity index (χ1v) is 15.6. The van der Waals surface area contributed by atoms with Gasteiger partial charge in [-0.05, 0) is 68.3 Å². The number of amides is 2. The Hall–Kier alpha value is -2.99. The van der Waals surface area contributed by atoms with Gasteiger partial charge >= 0.3 is 6.18 Å². The zero-order valence-corrected chi connectivity index (χ0v) is 26.4. The predicted octanol–water partition coefficient (Wildman–Crippen LogP) is 7.19. The lowest BCUT2D eigenvalue weighted by Crippen LogP contribution is -2.53. The molecule has 43 heavy (non-hydrogen) atoms. The fourth-order valence-electron chi connectivity index (χ4n) is 4.25. The van der Waals surface area contributed by atoms with Crippen molar-refractivity contribution in [2.45, 2.75) is 56.9 Å². The molecule has 0 saturated carbocycles. The van der Waals surface area contributed by atoms with Crippen LogP contribution in [0, 0.1) is 0 Å². The van der Waals surface area contributed by atoms with Gasteiger partial charge in [0.2, 0.25) is 11.8 Å². The van der Waals surface area contributed by atoms with E-state index in [1.54, 1.807) is 32.9 Å². The second kappa shape index (κ2) is 14.2. The highest BCUT2D eigenvalue weighted by Gasteiger charge is 2.37. The first-order chi connectivity index (χ1) is 20.1. The number of benzene rings is 3. The quantitative estimate of drug-likeness (QED) is 0.233. The van der Waals surface area contributed by atoms with Gasteiger partial charge in [-0.3, -0.25) is 13.9 Å². The van der Waals surface area contributed by atoms with Crippen LogP contribution in [0.5, 0.6) is 0 Å². The van der Waals surface area contributed by atoms with Crippen LogP contribution in [0.3, 0.4) is 0 Å². The van der Waals surface area contributed by atoms with E-state index in [1.807, 2.05) is 0 Å². The van der Waals surface area contributed by atoms with Crippen molar-refractivity contribution in [3.8, 4) is 0 Å². The van der Waals surface area contributed by atoms with E-state index < -0.39 is 51.9 Å². The number of nitrogens with one attached hydrogen (secondary N) is 1. The molecule has 3 aromatic carbocycles. The number of alkyl halides is 3. The maximum atomic E-state index is 14.1. The average molecular weight is 679 g/mol. The Balaban J connectivity index is 2.18. The fraction of sp³-hybridized carbons (Fsp3) is 0.310. The van der Waals surface area contributed by atoms with Gasteiger partial charge in [-0.2, -0.15) is 13.2 Å². The van der Waals surface area contributed by atoms with Gasteiger partial charge in [-0.15, -0.1) is 0 Å². The molecule has 0 bridgehead atoms. The van der Waals surface area contributed by atoms with Gasteiger partial charge in [0.25, 0.3) is 10.0 Å². The van der Waals surface area contributed by atoms with Crippen LogP contribution in [0.15, 0.2) is 71.6 Å². The summed E-state index contributed by atoms with van der Waals surface area (Å²) >= 11 is 18.7. The number of anilines is 1. The third kappa shape index (κ3) is 8.56. The molecule has 0 aliphatic rings. The molecule has 0 spiro atoms. The van der Waals surface area contributed by atoms with Gasteiger partial charge in [-0.1, -0.05) is 66.0 Å². The Labute approximate surface area is 263 Å². The van der Waals surface area contributed by atoms with E-state index in [0.717, 1.165) is 11.0 Å².